The lowest BCUT2D eigenvalue weighted by molar-refractivity contribution is -0.142. The molecule has 104 valence electrons. The van der Waals surface area contributed by atoms with Crippen molar-refractivity contribution < 1.29 is 19.1 Å². The van der Waals surface area contributed by atoms with Gasteiger partial charge >= 0.3 is 5.97 Å². The maximum atomic E-state index is 11.6. The fourth-order valence-corrected chi connectivity index (χ4v) is 2.54. The van der Waals surface area contributed by atoms with Crippen LogP contribution in [0.1, 0.15) is 20.8 Å². The van der Waals surface area contributed by atoms with Crippen LogP contribution in [0.3, 0.4) is 0 Å². The third-order valence-electron chi connectivity index (χ3n) is 2.20. The van der Waals surface area contributed by atoms with Crippen molar-refractivity contribution in [1.29, 1.82) is 0 Å². The molecule has 0 radical (unpaired) electrons. The Morgan fingerprint density at radius 1 is 1.37 bits per heavy atom. The largest absolute Gasteiger partial charge is 0.486 e. The van der Waals surface area contributed by atoms with E-state index in [0.29, 0.717) is 6.61 Å². The number of hydrogen-bond acceptors (Lipinski definition) is 5. The molecule has 0 fully saturated rings. The second-order valence-corrected chi connectivity index (χ2v) is 4.98. The Labute approximate surface area is 114 Å². The molecule has 0 spiro atoms. The predicted octanol–water partition coefficient (Wildman–Crippen LogP) is 2.11. The first-order chi connectivity index (χ1) is 9.12. The molecule has 19 heavy (non-hydrogen) atoms. The predicted molar refractivity (Wildman–Crippen MR) is 74.6 cm³/mol. The maximum Gasteiger partial charge on any atom is 0.375 e. The van der Waals surface area contributed by atoms with Crippen LogP contribution < -0.4 is 5.32 Å². The van der Waals surface area contributed by atoms with Gasteiger partial charge in [-0.2, -0.15) is 0 Å². The summed E-state index contributed by atoms with van der Waals surface area (Å²) < 4.78 is 10.1. The van der Waals surface area contributed by atoms with Crippen molar-refractivity contribution in [3.05, 3.63) is 34.0 Å². The molecule has 0 aromatic carbocycles. The standard InChI is InChI=1S/C13H17NO4S/c1-4-17-12(13(16)18-5-2)6-14-11-8-19(9-15)7-10(11)3/h6-8,14H,4-5H2,1-3H3. The van der Waals surface area contributed by atoms with E-state index in [0.717, 1.165) is 11.3 Å². The molecule has 0 saturated heterocycles. The van der Waals surface area contributed by atoms with Gasteiger partial charge in [0.25, 0.3) is 0 Å². The van der Waals surface area contributed by atoms with Gasteiger partial charge < -0.3 is 14.8 Å². The van der Waals surface area contributed by atoms with Crippen molar-refractivity contribution in [2.45, 2.75) is 20.8 Å². The number of rotatable bonds is 6. The van der Waals surface area contributed by atoms with Crippen molar-refractivity contribution in [2.75, 3.05) is 13.2 Å². The summed E-state index contributed by atoms with van der Waals surface area (Å²) in [5.74, 6) is -0.405. The molecule has 0 amide bonds. The molecule has 1 aliphatic rings. The number of nitrogens with one attached hydrogen (secondary N) is 1. The Kier molecular flexibility index (Phi) is 6.12. The van der Waals surface area contributed by atoms with Gasteiger partial charge in [0.05, 0.1) is 19.4 Å². The lowest BCUT2D eigenvalue weighted by atomic mass is 10.3. The minimum atomic E-state index is -0.605. The van der Waals surface area contributed by atoms with Gasteiger partial charge in [0.2, 0.25) is 5.76 Å². The van der Waals surface area contributed by atoms with Crippen LogP contribution in [0.2, 0.25) is 0 Å². The van der Waals surface area contributed by atoms with Crippen LogP contribution in [0, 0.1) is 0 Å². The van der Waals surface area contributed by atoms with Gasteiger partial charge in [-0.25, -0.2) is 9.59 Å². The second-order valence-electron chi connectivity index (χ2n) is 3.59. The maximum absolute atomic E-state index is 11.6. The van der Waals surface area contributed by atoms with E-state index in [1.54, 1.807) is 19.3 Å². The molecule has 6 heteroatoms. The highest BCUT2D eigenvalue weighted by atomic mass is 32.2. The molecule has 1 rings (SSSR count). The molecular weight excluding hydrogens is 266 g/mol. The van der Waals surface area contributed by atoms with Gasteiger partial charge in [-0.05, 0) is 31.8 Å². The molecule has 1 unspecified atom stereocenters. The zero-order chi connectivity index (χ0) is 14.3. The summed E-state index contributed by atoms with van der Waals surface area (Å²) >= 11 is 0. The van der Waals surface area contributed by atoms with Crippen LogP contribution in [-0.2, 0) is 19.1 Å². The van der Waals surface area contributed by atoms with Crippen LogP contribution >= 0.6 is 10.5 Å². The Morgan fingerprint density at radius 2 is 2.05 bits per heavy atom. The summed E-state index contributed by atoms with van der Waals surface area (Å²) in [5.41, 5.74) is 1.70. The molecule has 1 N–H and O–H groups in total. The van der Waals surface area contributed by atoms with E-state index in [2.05, 4.69) is 5.32 Å². The summed E-state index contributed by atoms with van der Waals surface area (Å²) in [6.07, 6.45) is 1.45. The number of allylic oxidation sites excluding steroid dienone is 1. The topological polar surface area (TPSA) is 64.6 Å². The average molecular weight is 283 g/mol. The molecule has 0 bridgehead atoms. The van der Waals surface area contributed by atoms with E-state index in [1.807, 2.05) is 17.6 Å². The van der Waals surface area contributed by atoms with E-state index in [4.69, 9.17) is 9.47 Å². The Morgan fingerprint density at radius 3 is 2.58 bits per heavy atom. The van der Waals surface area contributed by atoms with Crippen LogP contribution in [-0.4, -0.2) is 24.4 Å². The van der Waals surface area contributed by atoms with Gasteiger partial charge in [-0.1, -0.05) is 10.5 Å². The fraction of sp³-hybridized carbons (Fsp3) is 0.385. The summed E-state index contributed by atoms with van der Waals surface area (Å²) in [5, 5.41) is 8.45. The van der Waals surface area contributed by atoms with Crippen LogP contribution in [0.5, 0.6) is 0 Å². The molecule has 0 aliphatic carbocycles. The first-order valence-corrected chi connectivity index (χ1v) is 7.24. The lowest BCUT2D eigenvalue weighted by Gasteiger charge is -2.09. The Bertz CT molecular complexity index is 499. The number of ether oxygens (including phenoxy) is 2. The minimum Gasteiger partial charge on any atom is -0.486 e. The van der Waals surface area contributed by atoms with Gasteiger partial charge in [0.1, 0.15) is 0 Å². The van der Waals surface area contributed by atoms with Crippen LogP contribution in [0.4, 0.5) is 0 Å². The quantitative estimate of drug-likeness (QED) is 0.350. The average Bonchev–Trinajstić information content (AvgIpc) is 2.75. The Balaban J connectivity index is 2.80. The van der Waals surface area contributed by atoms with Crippen molar-refractivity contribution in [3.63, 3.8) is 0 Å². The molecule has 5 nitrogen and oxygen atoms in total. The highest BCUT2D eigenvalue weighted by Crippen LogP contribution is 2.29. The molecule has 0 saturated carbocycles. The van der Waals surface area contributed by atoms with E-state index in [1.165, 1.54) is 6.20 Å². The number of carbonyl (C=O) groups is 1. The van der Waals surface area contributed by atoms with E-state index in [9.17, 15) is 9.59 Å². The number of hydrogen-bond donors (Lipinski definition) is 1. The molecule has 1 atom stereocenters. The summed E-state index contributed by atoms with van der Waals surface area (Å²) in [4.78, 5) is 22.2. The van der Waals surface area contributed by atoms with Gasteiger partial charge in [0.15, 0.2) is 5.23 Å². The third-order valence-corrected chi connectivity index (χ3v) is 3.49. The lowest BCUT2D eigenvalue weighted by Crippen LogP contribution is -2.15. The number of esters is 1. The monoisotopic (exact) mass is 283 g/mol. The number of carbonyl (C=O) groups excluding carboxylic acids is 2. The normalized spacial score (nSPS) is 18.3. The van der Waals surface area contributed by atoms with E-state index in [-0.39, 0.29) is 12.4 Å². The Hall–Kier alpha value is -1.78. The molecule has 0 aromatic rings. The van der Waals surface area contributed by atoms with Gasteiger partial charge in [-0.3, -0.25) is 0 Å². The van der Waals surface area contributed by atoms with Crippen molar-refractivity contribution >= 4 is 21.7 Å². The smallest absolute Gasteiger partial charge is 0.375 e. The van der Waals surface area contributed by atoms with Gasteiger partial charge in [-0.15, -0.1) is 0 Å². The van der Waals surface area contributed by atoms with Crippen molar-refractivity contribution in [2.24, 2.45) is 0 Å². The SMILES string of the molecule is CCOC(=O)C(=CNC1=CS(=C=O)C=C1C)OCC. The zero-order valence-electron chi connectivity index (χ0n) is 11.2. The minimum absolute atomic E-state index is 0.111. The zero-order valence-corrected chi connectivity index (χ0v) is 12.0. The highest BCUT2D eigenvalue weighted by molar-refractivity contribution is 8.19. The third kappa shape index (κ3) is 4.43. The molecular formula is C13H17NO4S. The van der Waals surface area contributed by atoms with Crippen molar-refractivity contribution in [3.8, 4) is 0 Å². The van der Waals surface area contributed by atoms with Crippen LogP contribution in [0.15, 0.2) is 34.0 Å². The first-order valence-electron chi connectivity index (χ1n) is 5.89. The van der Waals surface area contributed by atoms with Crippen LogP contribution in [0.25, 0.3) is 0 Å². The molecule has 0 aromatic heterocycles. The second kappa shape index (κ2) is 7.61. The summed E-state index contributed by atoms with van der Waals surface area (Å²) in [6.45, 7) is 6.04. The summed E-state index contributed by atoms with van der Waals surface area (Å²) in [6, 6.07) is 0. The summed E-state index contributed by atoms with van der Waals surface area (Å²) in [7, 11) is -0.605. The highest BCUT2D eigenvalue weighted by Gasteiger charge is 2.13. The first kappa shape index (κ1) is 15.3. The van der Waals surface area contributed by atoms with E-state index >= 15 is 0 Å². The van der Waals surface area contributed by atoms with Crippen molar-refractivity contribution in [1.82, 2.24) is 5.32 Å². The molecule has 1 aliphatic heterocycles. The van der Waals surface area contributed by atoms with E-state index < -0.39 is 16.5 Å². The fourth-order valence-electron chi connectivity index (χ4n) is 1.36. The van der Waals surface area contributed by atoms with Gasteiger partial charge in [0, 0.05) is 11.1 Å². The molecule has 1 heterocycles.